The van der Waals surface area contributed by atoms with Crippen molar-refractivity contribution in [3.8, 4) is 11.1 Å². The van der Waals surface area contributed by atoms with Gasteiger partial charge in [-0.25, -0.2) is 0 Å². The number of carbonyl (C=O) groups excluding carboxylic acids is 1. The molecule has 0 aliphatic rings. The Labute approximate surface area is 147 Å². The van der Waals surface area contributed by atoms with Crippen molar-refractivity contribution in [2.24, 2.45) is 0 Å². The largest absolute Gasteiger partial charge is 0.339 e. The number of carbonyl (C=O) groups is 1. The van der Waals surface area contributed by atoms with Crippen molar-refractivity contribution in [3.63, 3.8) is 0 Å². The first kappa shape index (κ1) is 16.5. The van der Waals surface area contributed by atoms with Gasteiger partial charge < -0.3 is 4.90 Å². The summed E-state index contributed by atoms with van der Waals surface area (Å²) < 4.78 is 0. The molecule has 0 fully saturated rings. The van der Waals surface area contributed by atoms with Crippen LogP contribution in [0.3, 0.4) is 0 Å². The van der Waals surface area contributed by atoms with Crippen LogP contribution < -0.4 is 0 Å². The molecule has 0 saturated heterocycles. The number of halogens is 1. The number of fused-ring (bicyclic) bond motifs is 1. The van der Waals surface area contributed by atoms with Crippen LogP contribution in [0.1, 0.15) is 24.2 Å². The minimum atomic E-state index is 0.0659. The first-order valence-corrected chi connectivity index (χ1v) is 8.60. The second-order valence-corrected chi connectivity index (χ2v) is 6.08. The summed E-state index contributed by atoms with van der Waals surface area (Å²) >= 11 is 6.60. The highest BCUT2D eigenvalue weighted by atomic mass is 35.5. The number of amides is 1. The van der Waals surface area contributed by atoms with E-state index in [0.29, 0.717) is 18.7 Å². The summed E-state index contributed by atoms with van der Waals surface area (Å²) in [4.78, 5) is 14.2. The smallest absolute Gasteiger partial charge is 0.253 e. The molecule has 0 aliphatic heterocycles. The maximum Gasteiger partial charge on any atom is 0.253 e. The van der Waals surface area contributed by atoms with Gasteiger partial charge in [0.05, 0.1) is 5.02 Å². The van der Waals surface area contributed by atoms with Gasteiger partial charge in [-0.2, -0.15) is 0 Å². The zero-order valence-corrected chi connectivity index (χ0v) is 14.7. The standard InChI is InChI=1S/C21H20ClNO/c1-3-23(4-2)21(24)17-11-9-16(10-12-17)19-14-13-15-7-5-6-8-18(15)20(19)22/h5-14H,3-4H2,1-2H3. The highest BCUT2D eigenvalue weighted by Crippen LogP contribution is 2.34. The lowest BCUT2D eigenvalue weighted by atomic mass is 10.00. The number of rotatable bonds is 4. The van der Waals surface area contributed by atoms with Gasteiger partial charge in [-0.1, -0.05) is 60.1 Å². The molecule has 3 aromatic carbocycles. The van der Waals surface area contributed by atoms with Crippen LogP contribution >= 0.6 is 11.6 Å². The summed E-state index contributed by atoms with van der Waals surface area (Å²) in [6.45, 7) is 5.41. The van der Waals surface area contributed by atoms with Crippen LogP contribution in [-0.4, -0.2) is 23.9 Å². The van der Waals surface area contributed by atoms with Crippen molar-refractivity contribution in [1.29, 1.82) is 0 Å². The highest BCUT2D eigenvalue weighted by Gasteiger charge is 2.13. The number of benzene rings is 3. The fourth-order valence-corrected chi connectivity index (χ4v) is 3.29. The van der Waals surface area contributed by atoms with Crippen molar-refractivity contribution < 1.29 is 4.79 Å². The van der Waals surface area contributed by atoms with Crippen molar-refractivity contribution in [2.45, 2.75) is 13.8 Å². The van der Waals surface area contributed by atoms with Gasteiger partial charge in [0.25, 0.3) is 5.91 Å². The highest BCUT2D eigenvalue weighted by molar-refractivity contribution is 6.38. The lowest BCUT2D eigenvalue weighted by Gasteiger charge is -2.18. The molecule has 24 heavy (non-hydrogen) atoms. The Bertz CT molecular complexity index is 867. The van der Waals surface area contributed by atoms with Gasteiger partial charge in [0.2, 0.25) is 0 Å². The van der Waals surface area contributed by atoms with Crippen LogP contribution in [0.5, 0.6) is 0 Å². The Morgan fingerprint density at radius 3 is 2.25 bits per heavy atom. The maximum atomic E-state index is 12.4. The second-order valence-electron chi connectivity index (χ2n) is 5.70. The molecule has 0 heterocycles. The van der Waals surface area contributed by atoms with E-state index >= 15 is 0 Å². The van der Waals surface area contributed by atoms with E-state index in [1.165, 1.54) is 0 Å². The molecule has 0 aliphatic carbocycles. The topological polar surface area (TPSA) is 20.3 Å². The number of hydrogen-bond donors (Lipinski definition) is 0. The van der Waals surface area contributed by atoms with Crippen molar-refractivity contribution in [1.82, 2.24) is 4.90 Å². The molecular formula is C21H20ClNO. The Balaban J connectivity index is 1.97. The van der Waals surface area contributed by atoms with Gasteiger partial charge in [-0.05, 0) is 36.9 Å². The average Bonchev–Trinajstić information content (AvgIpc) is 2.63. The van der Waals surface area contributed by atoms with Crippen molar-refractivity contribution >= 4 is 28.3 Å². The van der Waals surface area contributed by atoms with Crippen molar-refractivity contribution in [2.75, 3.05) is 13.1 Å². The molecule has 3 rings (SSSR count). The third-order valence-corrected chi connectivity index (χ3v) is 4.76. The lowest BCUT2D eigenvalue weighted by molar-refractivity contribution is 0.0773. The van der Waals surface area contributed by atoms with E-state index < -0.39 is 0 Å². The van der Waals surface area contributed by atoms with E-state index in [-0.39, 0.29) is 5.91 Å². The molecule has 2 nitrogen and oxygen atoms in total. The van der Waals surface area contributed by atoms with E-state index in [1.807, 2.05) is 67.3 Å². The fourth-order valence-electron chi connectivity index (χ4n) is 2.94. The third kappa shape index (κ3) is 3.02. The molecule has 0 bridgehead atoms. The summed E-state index contributed by atoms with van der Waals surface area (Å²) in [6, 6.07) is 19.9. The quantitative estimate of drug-likeness (QED) is 0.603. The van der Waals surface area contributed by atoms with Crippen LogP contribution in [0.25, 0.3) is 21.9 Å². The summed E-state index contributed by atoms with van der Waals surface area (Å²) in [7, 11) is 0. The zero-order valence-electron chi connectivity index (χ0n) is 13.9. The van der Waals surface area contributed by atoms with E-state index in [0.717, 1.165) is 26.9 Å². The molecule has 0 aromatic heterocycles. The predicted molar refractivity (Wildman–Crippen MR) is 102 cm³/mol. The van der Waals surface area contributed by atoms with E-state index in [9.17, 15) is 4.79 Å². The molecule has 0 N–H and O–H groups in total. The predicted octanol–water partition coefficient (Wildman–Crippen LogP) is 5.64. The van der Waals surface area contributed by atoms with E-state index in [1.54, 1.807) is 0 Å². The molecule has 0 saturated carbocycles. The monoisotopic (exact) mass is 337 g/mol. The van der Waals surface area contributed by atoms with Crippen LogP contribution in [0.2, 0.25) is 5.02 Å². The maximum absolute atomic E-state index is 12.4. The van der Waals surface area contributed by atoms with Gasteiger partial charge >= 0.3 is 0 Å². The number of hydrogen-bond acceptors (Lipinski definition) is 1. The van der Waals surface area contributed by atoms with Gasteiger partial charge in [0.1, 0.15) is 0 Å². The van der Waals surface area contributed by atoms with Gasteiger partial charge in [-0.3, -0.25) is 4.79 Å². The van der Waals surface area contributed by atoms with Crippen molar-refractivity contribution in [3.05, 3.63) is 71.2 Å². The lowest BCUT2D eigenvalue weighted by Crippen LogP contribution is -2.30. The first-order valence-electron chi connectivity index (χ1n) is 8.22. The normalized spacial score (nSPS) is 10.8. The summed E-state index contributed by atoms with van der Waals surface area (Å²) in [5.74, 6) is 0.0659. The Morgan fingerprint density at radius 2 is 1.58 bits per heavy atom. The fraction of sp³-hybridized carbons (Fsp3) is 0.190. The summed E-state index contributed by atoms with van der Waals surface area (Å²) in [6.07, 6.45) is 0. The molecule has 0 radical (unpaired) electrons. The zero-order chi connectivity index (χ0) is 17.1. The molecule has 1 amide bonds. The van der Waals surface area contributed by atoms with E-state index in [4.69, 9.17) is 11.6 Å². The molecule has 122 valence electrons. The Hall–Kier alpha value is -2.32. The molecule has 3 aromatic rings. The van der Waals surface area contributed by atoms with Gasteiger partial charge in [0.15, 0.2) is 0 Å². The van der Waals surface area contributed by atoms with Crippen LogP contribution in [0.4, 0.5) is 0 Å². The minimum absolute atomic E-state index is 0.0659. The Morgan fingerprint density at radius 1 is 0.917 bits per heavy atom. The van der Waals surface area contributed by atoms with Crippen LogP contribution in [0.15, 0.2) is 60.7 Å². The molecule has 0 unspecified atom stereocenters. The first-order chi connectivity index (χ1) is 11.7. The number of nitrogens with zero attached hydrogens (tertiary/aromatic N) is 1. The molecule has 3 heteroatoms. The minimum Gasteiger partial charge on any atom is -0.339 e. The molecule has 0 spiro atoms. The molecular weight excluding hydrogens is 318 g/mol. The third-order valence-electron chi connectivity index (χ3n) is 4.36. The van der Waals surface area contributed by atoms with E-state index in [2.05, 4.69) is 12.1 Å². The molecule has 0 atom stereocenters. The second kappa shape index (κ2) is 7.06. The Kier molecular flexibility index (Phi) is 4.86. The van der Waals surface area contributed by atoms with Crippen LogP contribution in [-0.2, 0) is 0 Å². The van der Waals surface area contributed by atoms with Gasteiger partial charge in [0, 0.05) is 29.6 Å². The summed E-state index contributed by atoms with van der Waals surface area (Å²) in [5.41, 5.74) is 2.71. The van der Waals surface area contributed by atoms with Gasteiger partial charge in [-0.15, -0.1) is 0 Å². The average molecular weight is 338 g/mol. The van der Waals surface area contributed by atoms with Crippen LogP contribution in [0, 0.1) is 0 Å². The SMILES string of the molecule is CCN(CC)C(=O)c1ccc(-c2ccc3ccccc3c2Cl)cc1. The summed E-state index contributed by atoms with van der Waals surface area (Å²) in [5, 5.41) is 2.91.